The van der Waals surface area contributed by atoms with E-state index in [1.165, 1.54) is 12.1 Å². The fraction of sp³-hybridized carbons (Fsp3) is 0.500. The monoisotopic (exact) mass is 291 g/mol. The van der Waals surface area contributed by atoms with Crippen molar-refractivity contribution in [1.29, 1.82) is 0 Å². The molecule has 1 aromatic rings. The van der Waals surface area contributed by atoms with Gasteiger partial charge in [0.2, 0.25) is 5.91 Å². The molecule has 5 heteroatoms. The minimum Gasteiger partial charge on any atom is -0.478 e. The number of ether oxygens (including phenoxy) is 1. The maximum atomic E-state index is 11.9. The van der Waals surface area contributed by atoms with Crippen molar-refractivity contribution in [3.8, 4) is 0 Å². The Balaban J connectivity index is 1.82. The van der Waals surface area contributed by atoms with E-state index in [2.05, 4.69) is 5.32 Å². The molecular weight excluding hydrogens is 270 g/mol. The van der Waals surface area contributed by atoms with Crippen molar-refractivity contribution in [2.75, 3.05) is 6.54 Å². The lowest BCUT2D eigenvalue weighted by Gasteiger charge is -2.19. The van der Waals surface area contributed by atoms with Gasteiger partial charge in [0.25, 0.3) is 0 Å². The standard InChI is InChI=1S/C16H21NO4/c1-16(2)7-6-13(21-16)10-17-14(18)9-11-4-3-5-12(8-11)15(19)20/h3-5,8,13H,6-7,9-10H2,1-2H3,(H,17,18)(H,19,20). The normalized spacial score (nSPS) is 20.2. The second-order valence-electron chi connectivity index (χ2n) is 6.02. The van der Waals surface area contributed by atoms with Crippen molar-refractivity contribution < 1.29 is 19.4 Å². The lowest BCUT2D eigenvalue weighted by atomic mass is 10.1. The molecule has 5 nitrogen and oxygen atoms in total. The van der Waals surface area contributed by atoms with Gasteiger partial charge in [-0.15, -0.1) is 0 Å². The van der Waals surface area contributed by atoms with Gasteiger partial charge < -0.3 is 15.2 Å². The number of carbonyl (C=O) groups excluding carboxylic acids is 1. The summed E-state index contributed by atoms with van der Waals surface area (Å²) in [7, 11) is 0. The van der Waals surface area contributed by atoms with E-state index in [9.17, 15) is 9.59 Å². The quantitative estimate of drug-likeness (QED) is 0.870. The fourth-order valence-corrected chi connectivity index (χ4v) is 2.51. The zero-order chi connectivity index (χ0) is 15.5. The molecule has 2 rings (SSSR count). The largest absolute Gasteiger partial charge is 0.478 e. The second kappa shape index (κ2) is 6.26. The number of nitrogens with one attached hydrogen (secondary N) is 1. The zero-order valence-electron chi connectivity index (χ0n) is 12.4. The molecule has 0 aromatic heterocycles. The second-order valence-corrected chi connectivity index (χ2v) is 6.02. The van der Waals surface area contributed by atoms with Gasteiger partial charge >= 0.3 is 5.97 Å². The SMILES string of the molecule is CC1(C)CCC(CNC(=O)Cc2cccc(C(=O)O)c2)O1. The van der Waals surface area contributed by atoms with Gasteiger partial charge in [0.15, 0.2) is 0 Å². The van der Waals surface area contributed by atoms with Crippen LogP contribution in [0.1, 0.15) is 42.6 Å². The number of amides is 1. The van der Waals surface area contributed by atoms with Gasteiger partial charge in [-0.05, 0) is 44.4 Å². The van der Waals surface area contributed by atoms with Crippen LogP contribution in [-0.4, -0.2) is 35.2 Å². The lowest BCUT2D eigenvalue weighted by Crippen LogP contribution is -2.34. The highest BCUT2D eigenvalue weighted by Crippen LogP contribution is 2.28. The van der Waals surface area contributed by atoms with Crippen LogP contribution in [0.5, 0.6) is 0 Å². The number of carbonyl (C=O) groups is 2. The van der Waals surface area contributed by atoms with Crippen LogP contribution < -0.4 is 5.32 Å². The molecule has 0 aliphatic carbocycles. The Bertz CT molecular complexity index is 539. The Labute approximate surface area is 124 Å². The predicted molar refractivity (Wildman–Crippen MR) is 78.3 cm³/mol. The van der Waals surface area contributed by atoms with Crippen molar-refractivity contribution in [2.24, 2.45) is 0 Å². The molecule has 0 bridgehead atoms. The summed E-state index contributed by atoms with van der Waals surface area (Å²) >= 11 is 0. The van der Waals surface area contributed by atoms with Gasteiger partial charge in [-0.25, -0.2) is 4.79 Å². The van der Waals surface area contributed by atoms with E-state index in [0.29, 0.717) is 12.1 Å². The lowest BCUT2D eigenvalue weighted by molar-refractivity contribution is -0.121. The van der Waals surface area contributed by atoms with Crippen LogP contribution >= 0.6 is 0 Å². The van der Waals surface area contributed by atoms with Crippen LogP contribution in [0.25, 0.3) is 0 Å². The topological polar surface area (TPSA) is 75.6 Å². The van der Waals surface area contributed by atoms with Gasteiger partial charge in [-0.1, -0.05) is 12.1 Å². The first-order valence-electron chi connectivity index (χ1n) is 7.12. The van der Waals surface area contributed by atoms with Crippen molar-refractivity contribution in [2.45, 2.75) is 44.8 Å². The van der Waals surface area contributed by atoms with Crippen LogP contribution in [0.2, 0.25) is 0 Å². The number of carboxylic acid groups (broad SMARTS) is 1. The van der Waals surface area contributed by atoms with Gasteiger partial charge in [0, 0.05) is 6.54 Å². The van der Waals surface area contributed by atoms with Gasteiger partial charge in [0.05, 0.1) is 23.7 Å². The van der Waals surface area contributed by atoms with Crippen molar-refractivity contribution in [3.63, 3.8) is 0 Å². The molecule has 0 saturated carbocycles. The van der Waals surface area contributed by atoms with Crippen molar-refractivity contribution in [3.05, 3.63) is 35.4 Å². The molecule has 2 N–H and O–H groups in total. The number of rotatable bonds is 5. The van der Waals surface area contributed by atoms with Gasteiger partial charge in [-0.3, -0.25) is 4.79 Å². The summed E-state index contributed by atoms with van der Waals surface area (Å²) in [5.41, 5.74) is 0.784. The van der Waals surface area contributed by atoms with E-state index < -0.39 is 5.97 Å². The Hall–Kier alpha value is -1.88. The molecule has 1 aliphatic heterocycles. The maximum absolute atomic E-state index is 11.9. The van der Waals surface area contributed by atoms with Crippen LogP contribution in [-0.2, 0) is 16.0 Å². The molecule has 1 amide bonds. The number of hydrogen-bond acceptors (Lipinski definition) is 3. The third-order valence-electron chi connectivity index (χ3n) is 3.62. The third-order valence-corrected chi connectivity index (χ3v) is 3.62. The molecule has 1 aromatic carbocycles. The number of benzene rings is 1. The van der Waals surface area contributed by atoms with Crippen LogP contribution in [0.4, 0.5) is 0 Å². The minimum atomic E-state index is -0.987. The average molecular weight is 291 g/mol. The fourth-order valence-electron chi connectivity index (χ4n) is 2.51. The summed E-state index contributed by atoms with van der Waals surface area (Å²) in [6, 6.07) is 6.44. The first kappa shape index (κ1) is 15.5. The number of carboxylic acids is 1. The molecule has 21 heavy (non-hydrogen) atoms. The maximum Gasteiger partial charge on any atom is 0.335 e. The molecule has 0 radical (unpaired) electrons. The Morgan fingerprint density at radius 3 is 2.81 bits per heavy atom. The molecule has 0 spiro atoms. The highest BCUT2D eigenvalue weighted by Gasteiger charge is 2.31. The number of hydrogen-bond donors (Lipinski definition) is 2. The Morgan fingerprint density at radius 1 is 1.43 bits per heavy atom. The molecule has 1 heterocycles. The van der Waals surface area contributed by atoms with E-state index in [4.69, 9.17) is 9.84 Å². The van der Waals surface area contributed by atoms with E-state index in [1.54, 1.807) is 12.1 Å². The minimum absolute atomic E-state index is 0.0642. The summed E-state index contributed by atoms with van der Waals surface area (Å²) in [6.07, 6.45) is 2.18. The highest BCUT2D eigenvalue weighted by molar-refractivity contribution is 5.88. The molecule has 114 valence electrons. The van der Waals surface area contributed by atoms with E-state index >= 15 is 0 Å². The molecular formula is C16H21NO4. The summed E-state index contributed by atoms with van der Waals surface area (Å²) in [6.45, 7) is 4.60. The Kier molecular flexibility index (Phi) is 4.63. The van der Waals surface area contributed by atoms with E-state index in [-0.39, 0.29) is 29.6 Å². The van der Waals surface area contributed by atoms with Gasteiger partial charge in [-0.2, -0.15) is 0 Å². The molecule has 1 atom stereocenters. The first-order valence-corrected chi connectivity index (χ1v) is 7.12. The van der Waals surface area contributed by atoms with Crippen LogP contribution in [0.15, 0.2) is 24.3 Å². The first-order chi connectivity index (χ1) is 9.85. The third kappa shape index (κ3) is 4.56. The highest BCUT2D eigenvalue weighted by atomic mass is 16.5. The summed E-state index contributed by atoms with van der Waals surface area (Å²) in [5.74, 6) is -1.11. The van der Waals surface area contributed by atoms with Crippen LogP contribution in [0.3, 0.4) is 0 Å². The van der Waals surface area contributed by atoms with Crippen molar-refractivity contribution in [1.82, 2.24) is 5.32 Å². The van der Waals surface area contributed by atoms with Crippen molar-refractivity contribution >= 4 is 11.9 Å². The van der Waals surface area contributed by atoms with E-state index in [1.807, 2.05) is 13.8 Å². The van der Waals surface area contributed by atoms with Crippen LogP contribution in [0, 0.1) is 0 Å². The van der Waals surface area contributed by atoms with E-state index in [0.717, 1.165) is 12.8 Å². The number of aromatic carboxylic acids is 1. The molecule has 1 unspecified atom stereocenters. The molecule has 1 aliphatic rings. The van der Waals surface area contributed by atoms with Gasteiger partial charge in [0.1, 0.15) is 0 Å². The predicted octanol–water partition coefficient (Wildman–Crippen LogP) is 2.00. The smallest absolute Gasteiger partial charge is 0.335 e. The Morgan fingerprint density at radius 2 is 2.19 bits per heavy atom. The summed E-state index contributed by atoms with van der Waals surface area (Å²) in [5, 5.41) is 11.8. The summed E-state index contributed by atoms with van der Waals surface area (Å²) in [4.78, 5) is 22.8. The average Bonchev–Trinajstić information content (AvgIpc) is 2.76. The summed E-state index contributed by atoms with van der Waals surface area (Å²) < 4.78 is 5.81. The molecule has 1 saturated heterocycles. The zero-order valence-corrected chi connectivity index (χ0v) is 12.4. The molecule has 1 fully saturated rings.